The maximum absolute atomic E-state index is 5.87. The molecule has 0 saturated heterocycles. The van der Waals surface area contributed by atoms with Crippen LogP contribution >= 0.6 is 11.6 Å². The van der Waals surface area contributed by atoms with Crippen molar-refractivity contribution in [1.82, 2.24) is 0 Å². The Kier molecular flexibility index (Phi) is 7.59. The highest BCUT2D eigenvalue weighted by molar-refractivity contribution is 6.44. The first-order chi connectivity index (χ1) is 8.71. The molecular weight excluding hydrogens is 264 g/mol. The first-order valence-electron chi connectivity index (χ1n) is 6.59. The minimum atomic E-state index is -1.52. The zero-order valence-corrected chi connectivity index (χ0v) is 13.4. The molecule has 1 rings (SSSR count). The molecule has 1 atom stereocenters. The third-order valence-electron chi connectivity index (χ3n) is 2.93. The maximum atomic E-state index is 5.87. The van der Waals surface area contributed by atoms with E-state index < -0.39 is 9.28 Å². The van der Waals surface area contributed by atoms with E-state index >= 15 is 0 Å². The molecule has 0 amide bonds. The normalized spacial score (nSPS) is 12.9. The summed E-state index contributed by atoms with van der Waals surface area (Å²) >= 11 is 5.87. The lowest BCUT2D eigenvalue weighted by Gasteiger charge is -2.19. The van der Waals surface area contributed by atoms with Crippen molar-refractivity contribution in [3.8, 4) is 0 Å². The van der Waals surface area contributed by atoms with Crippen LogP contribution in [0.1, 0.15) is 37.8 Å². The van der Waals surface area contributed by atoms with Crippen molar-refractivity contribution in [1.29, 1.82) is 0 Å². The van der Waals surface area contributed by atoms with Crippen molar-refractivity contribution in [2.75, 3.05) is 13.2 Å². The van der Waals surface area contributed by atoms with Crippen molar-refractivity contribution < 1.29 is 8.85 Å². The van der Waals surface area contributed by atoms with Gasteiger partial charge < -0.3 is 8.85 Å². The number of rotatable bonds is 8. The van der Waals surface area contributed by atoms with Gasteiger partial charge in [-0.2, -0.15) is 0 Å². The molecule has 102 valence electrons. The number of hydrogen-bond donors (Lipinski definition) is 0. The van der Waals surface area contributed by atoms with E-state index in [1.807, 2.05) is 13.8 Å². The van der Waals surface area contributed by atoms with Gasteiger partial charge in [-0.05, 0) is 36.9 Å². The van der Waals surface area contributed by atoms with Crippen molar-refractivity contribution in [2.45, 2.75) is 38.6 Å². The van der Waals surface area contributed by atoms with E-state index in [0.29, 0.717) is 11.8 Å². The van der Waals surface area contributed by atoms with E-state index in [4.69, 9.17) is 20.5 Å². The molecule has 0 heterocycles. The van der Waals surface area contributed by atoms with Crippen LogP contribution in [0.15, 0.2) is 24.3 Å². The molecule has 0 fully saturated rings. The van der Waals surface area contributed by atoms with Crippen molar-refractivity contribution >= 4 is 20.9 Å². The van der Waals surface area contributed by atoms with Gasteiger partial charge in [0.2, 0.25) is 0 Å². The van der Waals surface area contributed by atoms with E-state index in [-0.39, 0.29) is 0 Å². The van der Waals surface area contributed by atoms with E-state index in [9.17, 15) is 0 Å². The number of alkyl halides is 1. The molecule has 0 radical (unpaired) electrons. The fourth-order valence-electron chi connectivity index (χ4n) is 1.96. The Morgan fingerprint density at radius 2 is 1.89 bits per heavy atom. The van der Waals surface area contributed by atoms with E-state index in [1.165, 1.54) is 11.1 Å². The summed E-state index contributed by atoms with van der Waals surface area (Å²) in [5, 5.41) is 0. The lowest BCUT2D eigenvalue weighted by atomic mass is 10.0. The van der Waals surface area contributed by atoms with Gasteiger partial charge >= 0.3 is 9.28 Å². The van der Waals surface area contributed by atoms with Crippen LogP contribution in [0.5, 0.6) is 0 Å². The maximum Gasteiger partial charge on any atom is 0.321 e. The molecule has 0 N–H and O–H groups in total. The first kappa shape index (κ1) is 15.7. The molecule has 0 aromatic heterocycles. The van der Waals surface area contributed by atoms with Gasteiger partial charge in [-0.3, -0.25) is 0 Å². The summed E-state index contributed by atoms with van der Waals surface area (Å²) in [5.74, 6) is 1.03. The standard InChI is InChI=1S/C14H23ClO2Si/c1-4-16-18(17-5-2)11-12(3)14-8-6-7-13(9-14)10-15/h6-9,12,18H,4-5,10-11H2,1-3H3. The molecule has 1 aromatic carbocycles. The van der Waals surface area contributed by atoms with Crippen molar-refractivity contribution in [3.05, 3.63) is 35.4 Å². The molecule has 1 unspecified atom stereocenters. The molecular formula is C14H23ClO2Si. The minimum Gasteiger partial charge on any atom is -0.397 e. The van der Waals surface area contributed by atoms with Crippen LogP contribution in [0.2, 0.25) is 6.04 Å². The second-order valence-corrected chi connectivity index (χ2v) is 6.62. The Bertz CT molecular complexity index is 340. The summed E-state index contributed by atoms with van der Waals surface area (Å²) in [6.07, 6.45) is 0. The Morgan fingerprint density at radius 1 is 1.22 bits per heavy atom. The van der Waals surface area contributed by atoms with Gasteiger partial charge in [0, 0.05) is 19.1 Å². The molecule has 2 nitrogen and oxygen atoms in total. The van der Waals surface area contributed by atoms with E-state index in [2.05, 4.69) is 31.2 Å². The number of benzene rings is 1. The predicted molar refractivity (Wildman–Crippen MR) is 79.6 cm³/mol. The molecule has 0 saturated carbocycles. The predicted octanol–water partition coefficient (Wildman–Crippen LogP) is 3.82. The second kappa shape index (κ2) is 8.70. The summed E-state index contributed by atoms with van der Waals surface area (Å²) in [5.41, 5.74) is 2.50. The molecule has 0 aliphatic rings. The van der Waals surface area contributed by atoms with E-state index in [1.54, 1.807) is 0 Å². The van der Waals surface area contributed by atoms with Crippen LogP contribution in [-0.2, 0) is 14.7 Å². The topological polar surface area (TPSA) is 18.5 Å². The average molecular weight is 287 g/mol. The fraction of sp³-hybridized carbons (Fsp3) is 0.571. The summed E-state index contributed by atoms with van der Waals surface area (Å²) in [4.78, 5) is 0. The van der Waals surface area contributed by atoms with Gasteiger partial charge in [0.25, 0.3) is 0 Å². The van der Waals surface area contributed by atoms with Gasteiger partial charge in [-0.25, -0.2) is 0 Å². The highest BCUT2D eigenvalue weighted by Crippen LogP contribution is 2.23. The molecule has 18 heavy (non-hydrogen) atoms. The van der Waals surface area contributed by atoms with Crippen molar-refractivity contribution in [3.63, 3.8) is 0 Å². The first-order valence-corrected chi connectivity index (χ1v) is 8.88. The number of hydrogen-bond acceptors (Lipinski definition) is 2. The molecule has 1 aromatic rings. The van der Waals surface area contributed by atoms with E-state index in [0.717, 1.165) is 19.3 Å². The molecule has 0 bridgehead atoms. The lowest BCUT2D eigenvalue weighted by molar-refractivity contribution is 0.212. The average Bonchev–Trinajstić information content (AvgIpc) is 2.39. The summed E-state index contributed by atoms with van der Waals surface area (Å²) in [6.45, 7) is 7.76. The van der Waals surface area contributed by atoms with Crippen molar-refractivity contribution in [2.24, 2.45) is 0 Å². The number of halogens is 1. The smallest absolute Gasteiger partial charge is 0.321 e. The van der Waals surface area contributed by atoms with Crippen LogP contribution < -0.4 is 0 Å². The Hall–Kier alpha value is -0.353. The Balaban J connectivity index is 2.63. The molecule has 0 aliphatic carbocycles. The third kappa shape index (κ3) is 5.10. The second-order valence-electron chi connectivity index (χ2n) is 4.36. The van der Waals surface area contributed by atoms with Crippen LogP contribution in [0, 0.1) is 0 Å². The van der Waals surface area contributed by atoms with Gasteiger partial charge in [-0.1, -0.05) is 31.2 Å². The quantitative estimate of drug-likeness (QED) is 0.534. The third-order valence-corrected chi connectivity index (χ3v) is 5.74. The van der Waals surface area contributed by atoms with Crippen LogP contribution in [0.4, 0.5) is 0 Å². The van der Waals surface area contributed by atoms with Crippen LogP contribution in [-0.4, -0.2) is 22.5 Å². The molecule has 0 aliphatic heterocycles. The SMILES string of the molecule is CCO[SiH](CC(C)c1cccc(CCl)c1)OCC. The Labute approximate surface area is 117 Å². The lowest BCUT2D eigenvalue weighted by Crippen LogP contribution is -2.24. The molecule has 0 spiro atoms. The van der Waals surface area contributed by atoms with Gasteiger partial charge in [-0.15, -0.1) is 11.6 Å². The monoisotopic (exact) mass is 286 g/mol. The van der Waals surface area contributed by atoms with Crippen LogP contribution in [0.25, 0.3) is 0 Å². The summed E-state index contributed by atoms with van der Waals surface area (Å²) in [7, 11) is -1.52. The zero-order valence-electron chi connectivity index (χ0n) is 11.5. The molecule has 4 heteroatoms. The highest BCUT2D eigenvalue weighted by atomic mass is 35.5. The van der Waals surface area contributed by atoms with Gasteiger partial charge in [0.1, 0.15) is 0 Å². The van der Waals surface area contributed by atoms with Crippen LogP contribution in [0.3, 0.4) is 0 Å². The Morgan fingerprint density at radius 3 is 2.44 bits per heavy atom. The summed E-state index contributed by atoms with van der Waals surface area (Å²) in [6, 6.07) is 9.48. The van der Waals surface area contributed by atoms with Gasteiger partial charge in [0.05, 0.1) is 0 Å². The summed E-state index contributed by atoms with van der Waals surface area (Å²) < 4.78 is 11.4. The zero-order chi connectivity index (χ0) is 13.4. The van der Waals surface area contributed by atoms with Gasteiger partial charge in [0.15, 0.2) is 0 Å². The fourth-order valence-corrected chi connectivity index (χ4v) is 4.09. The highest BCUT2D eigenvalue weighted by Gasteiger charge is 2.18. The minimum absolute atomic E-state index is 0.461. The largest absolute Gasteiger partial charge is 0.397 e.